The van der Waals surface area contributed by atoms with Crippen molar-refractivity contribution in [3.05, 3.63) is 12.2 Å². The molecule has 1 atom stereocenters. The van der Waals surface area contributed by atoms with Crippen LogP contribution in [-0.4, -0.2) is 52.3 Å². The second-order valence-corrected chi connectivity index (χ2v) is 4.60. The molecule has 1 aromatic heterocycles. The molecule has 1 unspecified atom stereocenters. The van der Waals surface area contributed by atoms with E-state index < -0.39 is 5.97 Å². The number of nitrogens with one attached hydrogen (secondary N) is 1. The fraction of sp³-hybridized carbons (Fsp3) is 0.727. The number of carbonyl (C=O) groups is 1. The van der Waals surface area contributed by atoms with Crippen LogP contribution in [0.4, 0.5) is 0 Å². The highest BCUT2D eigenvalue weighted by Crippen LogP contribution is 2.17. The van der Waals surface area contributed by atoms with Crippen molar-refractivity contribution in [1.82, 2.24) is 20.4 Å². The van der Waals surface area contributed by atoms with Gasteiger partial charge in [-0.1, -0.05) is 5.16 Å². The lowest BCUT2D eigenvalue weighted by Gasteiger charge is -2.31. The van der Waals surface area contributed by atoms with Gasteiger partial charge in [0.25, 0.3) is 0 Å². The fourth-order valence-electron chi connectivity index (χ4n) is 2.30. The van der Waals surface area contributed by atoms with E-state index in [1.165, 1.54) is 6.33 Å². The number of aliphatic carboxylic acids is 1. The number of piperidine rings is 1. The summed E-state index contributed by atoms with van der Waals surface area (Å²) in [5.74, 6) is 0.309. The molecule has 1 aliphatic rings. The average Bonchev–Trinajstić information content (AvgIpc) is 2.82. The van der Waals surface area contributed by atoms with Gasteiger partial charge in [-0.2, -0.15) is 4.98 Å². The number of hydrogen-bond acceptors (Lipinski definition) is 6. The second-order valence-electron chi connectivity index (χ2n) is 4.60. The Balaban J connectivity index is 1.72. The predicted octanol–water partition coefficient (Wildman–Crippen LogP) is -0.0442. The molecule has 0 amide bonds. The van der Waals surface area contributed by atoms with Crippen LogP contribution in [0.25, 0.3) is 0 Å². The molecule has 7 heteroatoms. The summed E-state index contributed by atoms with van der Waals surface area (Å²) in [5, 5.41) is 15.1. The van der Waals surface area contributed by atoms with Crippen molar-refractivity contribution >= 4 is 5.97 Å². The third kappa shape index (κ3) is 4.08. The molecule has 1 saturated heterocycles. The molecule has 0 bridgehead atoms. The van der Waals surface area contributed by atoms with Crippen LogP contribution in [0, 0.1) is 5.92 Å². The van der Waals surface area contributed by atoms with E-state index in [1.54, 1.807) is 0 Å². The lowest BCUT2D eigenvalue weighted by Crippen LogP contribution is -2.40. The summed E-state index contributed by atoms with van der Waals surface area (Å²) in [6.07, 6.45) is 3.66. The monoisotopic (exact) mass is 254 g/mol. The first-order chi connectivity index (χ1) is 8.74. The molecule has 1 aromatic rings. The highest BCUT2D eigenvalue weighted by atomic mass is 16.5. The van der Waals surface area contributed by atoms with Gasteiger partial charge in [0, 0.05) is 6.54 Å². The molecule has 0 spiro atoms. The number of nitrogens with zero attached hydrogens (tertiary/aromatic N) is 3. The normalized spacial score (nSPS) is 21.0. The number of rotatable bonds is 6. The topological polar surface area (TPSA) is 91.5 Å². The molecule has 7 nitrogen and oxygen atoms in total. The van der Waals surface area contributed by atoms with E-state index in [1.807, 2.05) is 0 Å². The van der Waals surface area contributed by atoms with Gasteiger partial charge in [0.15, 0.2) is 6.33 Å². The number of carboxylic acids is 1. The highest BCUT2D eigenvalue weighted by Gasteiger charge is 2.21. The van der Waals surface area contributed by atoms with E-state index >= 15 is 0 Å². The van der Waals surface area contributed by atoms with Crippen LogP contribution in [0.1, 0.15) is 18.7 Å². The van der Waals surface area contributed by atoms with Gasteiger partial charge in [0.1, 0.15) is 0 Å². The molecule has 18 heavy (non-hydrogen) atoms. The van der Waals surface area contributed by atoms with Crippen molar-refractivity contribution in [2.75, 3.05) is 26.2 Å². The Morgan fingerprint density at radius 2 is 2.56 bits per heavy atom. The minimum atomic E-state index is -0.812. The van der Waals surface area contributed by atoms with Gasteiger partial charge < -0.3 is 14.9 Å². The van der Waals surface area contributed by atoms with Crippen LogP contribution in [0.15, 0.2) is 10.9 Å². The smallest absolute Gasteiger partial charge is 0.317 e. The maximum atomic E-state index is 10.4. The van der Waals surface area contributed by atoms with Gasteiger partial charge in [-0.15, -0.1) is 0 Å². The molecule has 2 N–H and O–H groups in total. The van der Waals surface area contributed by atoms with Crippen LogP contribution in [0.5, 0.6) is 0 Å². The zero-order valence-electron chi connectivity index (χ0n) is 10.2. The molecular formula is C11H18N4O3. The summed E-state index contributed by atoms with van der Waals surface area (Å²) in [4.78, 5) is 16.7. The second kappa shape index (κ2) is 6.46. The lowest BCUT2D eigenvalue weighted by atomic mass is 9.98. The standard InChI is InChI=1S/C11H18N4O3/c16-11(17)5-12-4-9-2-1-3-15(6-9)7-10-13-8-14-18-10/h8-9,12H,1-7H2,(H,16,17). The number of aromatic nitrogens is 2. The maximum Gasteiger partial charge on any atom is 0.317 e. The van der Waals surface area contributed by atoms with Crippen LogP contribution in [0.3, 0.4) is 0 Å². The SMILES string of the molecule is O=C(O)CNCC1CCCN(Cc2ncno2)C1. The van der Waals surface area contributed by atoms with E-state index in [2.05, 4.69) is 20.4 Å². The van der Waals surface area contributed by atoms with Crippen LogP contribution >= 0.6 is 0 Å². The summed E-state index contributed by atoms with van der Waals surface area (Å²) in [6, 6.07) is 0. The third-order valence-electron chi connectivity index (χ3n) is 3.08. The summed E-state index contributed by atoms with van der Waals surface area (Å²) >= 11 is 0. The Hall–Kier alpha value is -1.47. The minimum Gasteiger partial charge on any atom is -0.480 e. The van der Waals surface area contributed by atoms with Gasteiger partial charge in [0.2, 0.25) is 5.89 Å². The Bertz CT molecular complexity index is 368. The van der Waals surface area contributed by atoms with Gasteiger partial charge in [-0.3, -0.25) is 9.69 Å². The first-order valence-electron chi connectivity index (χ1n) is 6.14. The number of carboxylic acid groups (broad SMARTS) is 1. The van der Waals surface area contributed by atoms with Crippen molar-refractivity contribution in [3.8, 4) is 0 Å². The van der Waals surface area contributed by atoms with Crippen molar-refractivity contribution < 1.29 is 14.4 Å². The molecule has 0 radical (unpaired) electrons. The summed E-state index contributed by atoms with van der Waals surface area (Å²) < 4.78 is 4.99. The third-order valence-corrected chi connectivity index (χ3v) is 3.08. The molecule has 2 rings (SSSR count). The van der Waals surface area contributed by atoms with E-state index in [0.29, 0.717) is 18.4 Å². The average molecular weight is 254 g/mol. The molecule has 2 heterocycles. The largest absolute Gasteiger partial charge is 0.480 e. The number of hydrogen-bond donors (Lipinski definition) is 2. The zero-order valence-corrected chi connectivity index (χ0v) is 10.2. The molecule has 0 aromatic carbocycles. The highest BCUT2D eigenvalue weighted by molar-refractivity contribution is 5.68. The van der Waals surface area contributed by atoms with Crippen LogP contribution < -0.4 is 5.32 Å². The fourth-order valence-corrected chi connectivity index (χ4v) is 2.30. The Morgan fingerprint density at radius 1 is 1.67 bits per heavy atom. The van der Waals surface area contributed by atoms with Crippen molar-refractivity contribution in [1.29, 1.82) is 0 Å². The molecule has 0 aliphatic carbocycles. The molecule has 1 fully saturated rings. The summed E-state index contributed by atoms with van der Waals surface area (Å²) in [7, 11) is 0. The minimum absolute atomic E-state index is 0.0279. The first kappa shape index (κ1) is 13.0. The predicted molar refractivity (Wildman–Crippen MR) is 62.8 cm³/mol. The maximum absolute atomic E-state index is 10.4. The van der Waals surface area contributed by atoms with Gasteiger partial charge in [-0.25, -0.2) is 0 Å². The van der Waals surface area contributed by atoms with Gasteiger partial charge in [0.05, 0.1) is 13.1 Å². The van der Waals surface area contributed by atoms with E-state index in [0.717, 1.165) is 32.5 Å². The first-order valence-corrected chi connectivity index (χ1v) is 6.14. The van der Waals surface area contributed by atoms with Gasteiger partial charge in [-0.05, 0) is 31.8 Å². The summed E-state index contributed by atoms with van der Waals surface area (Å²) in [5.41, 5.74) is 0. The van der Waals surface area contributed by atoms with Gasteiger partial charge >= 0.3 is 5.97 Å². The Labute approximate surface area is 105 Å². The Morgan fingerprint density at radius 3 is 3.28 bits per heavy atom. The zero-order chi connectivity index (χ0) is 12.8. The van der Waals surface area contributed by atoms with Crippen molar-refractivity contribution in [2.45, 2.75) is 19.4 Å². The Kier molecular flexibility index (Phi) is 4.66. The van der Waals surface area contributed by atoms with E-state index in [4.69, 9.17) is 9.63 Å². The van der Waals surface area contributed by atoms with Crippen LogP contribution in [0.2, 0.25) is 0 Å². The van der Waals surface area contributed by atoms with Crippen LogP contribution in [-0.2, 0) is 11.3 Å². The van der Waals surface area contributed by atoms with Crippen molar-refractivity contribution in [3.63, 3.8) is 0 Å². The number of likely N-dealkylation sites (tertiary alicyclic amines) is 1. The van der Waals surface area contributed by atoms with E-state index in [9.17, 15) is 4.79 Å². The molecule has 1 aliphatic heterocycles. The molecule has 100 valence electrons. The molecule has 0 saturated carbocycles. The van der Waals surface area contributed by atoms with E-state index in [-0.39, 0.29) is 6.54 Å². The van der Waals surface area contributed by atoms with Crippen molar-refractivity contribution in [2.24, 2.45) is 5.92 Å². The summed E-state index contributed by atoms with van der Waals surface area (Å²) in [6.45, 7) is 3.41. The lowest BCUT2D eigenvalue weighted by molar-refractivity contribution is -0.136. The molecular weight excluding hydrogens is 236 g/mol. The quantitative estimate of drug-likeness (QED) is 0.735.